The maximum atomic E-state index is 11.9. The molecule has 0 radical (unpaired) electrons. The quantitative estimate of drug-likeness (QED) is 0.728. The SMILES string of the molecule is CN(C(=O)OC(C)(C)C)C1CCC(CC=O)CC1. The van der Waals surface area contributed by atoms with Crippen molar-refractivity contribution >= 4 is 12.4 Å². The third-order valence-corrected chi connectivity index (χ3v) is 3.48. The van der Waals surface area contributed by atoms with Crippen molar-refractivity contribution in [1.29, 1.82) is 0 Å². The molecule has 4 heteroatoms. The summed E-state index contributed by atoms with van der Waals surface area (Å²) >= 11 is 0. The lowest BCUT2D eigenvalue weighted by molar-refractivity contribution is -0.108. The van der Waals surface area contributed by atoms with Crippen LogP contribution in [0.4, 0.5) is 4.79 Å². The van der Waals surface area contributed by atoms with E-state index in [4.69, 9.17) is 4.74 Å². The van der Waals surface area contributed by atoms with Gasteiger partial charge in [0.05, 0.1) is 0 Å². The molecule has 18 heavy (non-hydrogen) atoms. The monoisotopic (exact) mass is 255 g/mol. The Morgan fingerprint density at radius 1 is 1.28 bits per heavy atom. The second kappa shape index (κ2) is 6.21. The molecule has 4 nitrogen and oxygen atoms in total. The zero-order chi connectivity index (χ0) is 13.8. The molecule has 1 amide bonds. The van der Waals surface area contributed by atoms with E-state index >= 15 is 0 Å². The van der Waals surface area contributed by atoms with Gasteiger partial charge in [-0.25, -0.2) is 4.79 Å². The van der Waals surface area contributed by atoms with Gasteiger partial charge in [0.25, 0.3) is 0 Å². The normalized spacial score (nSPS) is 24.4. The molecule has 0 heterocycles. The average Bonchev–Trinajstić information content (AvgIpc) is 2.27. The highest BCUT2D eigenvalue weighted by Gasteiger charge is 2.28. The molecule has 0 N–H and O–H groups in total. The molecule has 1 aliphatic rings. The molecular formula is C14H25NO3. The number of carbonyl (C=O) groups is 2. The van der Waals surface area contributed by atoms with Gasteiger partial charge < -0.3 is 14.4 Å². The summed E-state index contributed by atoms with van der Waals surface area (Å²) in [6.45, 7) is 5.62. The number of rotatable bonds is 3. The van der Waals surface area contributed by atoms with Gasteiger partial charge in [-0.15, -0.1) is 0 Å². The predicted molar refractivity (Wildman–Crippen MR) is 70.4 cm³/mol. The number of aldehydes is 1. The van der Waals surface area contributed by atoms with E-state index in [9.17, 15) is 9.59 Å². The Kier molecular flexibility index (Phi) is 5.17. The first-order valence-corrected chi connectivity index (χ1v) is 6.73. The molecule has 0 unspecified atom stereocenters. The number of hydrogen-bond acceptors (Lipinski definition) is 3. The smallest absolute Gasteiger partial charge is 0.410 e. The van der Waals surface area contributed by atoms with Crippen LogP contribution in [0.25, 0.3) is 0 Å². The topological polar surface area (TPSA) is 46.6 Å². The number of ether oxygens (including phenoxy) is 1. The van der Waals surface area contributed by atoms with E-state index in [0.29, 0.717) is 12.3 Å². The lowest BCUT2D eigenvalue weighted by atomic mass is 9.84. The number of nitrogens with zero attached hydrogens (tertiary/aromatic N) is 1. The summed E-state index contributed by atoms with van der Waals surface area (Å²) in [6, 6.07) is 0.253. The van der Waals surface area contributed by atoms with Crippen molar-refractivity contribution in [2.24, 2.45) is 5.92 Å². The highest BCUT2D eigenvalue weighted by molar-refractivity contribution is 5.68. The Hall–Kier alpha value is -1.06. The van der Waals surface area contributed by atoms with Gasteiger partial charge in [-0.1, -0.05) is 0 Å². The van der Waals surface area contributed by atoms with Crippen LogP contribution in [0.5, 0.6) is 0 Å². The first-order valence-electron chi connectivity index (χ1n) is 6.73. The minimum absolute atomic E-state index is 0.249. The van der Waals surface area contributed by atoms with Gasteiger partial charge in [-0.2, -0.15) is 0 Å². The van der Waals surface area contributed by atoms with Crippen LogP contribution in [0, 0.1) is 5.92 Å². The Morgan fingerprint density at radius 3 is 2.28 bits per heavy atom. The highest BCUT2D eigenvalue weighted by Crippen LogP contribution is 2.29. The number of carbonyl (C=O) groups excluding carboxylic acids is 2. The summed E-state index contributed by atoms with van der Waals surface area (Å²) in [4.78, 5) is 24.1. The summed E-state index contributed by atoms with van der Waals surface area (Å²) in [5.41, 5.74) is -0.444. The van der Waals surface area contributed by atoms with Crippen LogP contribution in [0.3, 0.4) is 0 Å². The van der Waals surface area contributed by atoms with Crippen LogP contribution < -0.4 is 0 Å². The van der Waals surface area contributed by atoms with Crippen molar-refractivity contribution in [3.63, 3.8) is 0 Å². The predicted octanol–water partition coefficient (Wildman–Crippen LogP) is 3.00. The maximum absolute atomic E-state index is 11.9. The summed E-state index contributed by atoms with van der Waals surface area (Å²) in [6.07, 6.45) is 5.39. The Bertz CT molecular complexity index is 288. The van der Waals surface area contributed by atoms with E-state index in [1.807, 2.05) is 20.8 Å². The Morgan fingerprint density at radius 2 is 1.83 bits per heavy atom. The van der Waals surface area contributed by atoms with Crippen molar-refractivity contribution < 1.29 is 14.3 Å². The zero-order valence-electron chi connectivity index (χ0n) is 11.9. The summed E-state index contributed by atoms with van der Waals surface area (Å²) in [5.74, 6) is 0.505. The van der Waals surface area contributed by atoms with E-state index < -0.39 is 5.60 Å². The molecule has 0 spiro atoms. The molecule has 1 rings (SSSR count). The summed E-state index contributed by atoms with van der Waals surface area (Å²) < 4.78 is 5.36. The largest absolute Gasteiger partial charge is 0.444 e. The van der Waals surface area contributed by atoms with E-state index in [1.165, 1.54) is 0 Å². The fourth-order valence-corrected chi connectivity index (χ4v) is 2.39. The van der Waals surface area contributed by atoms with Crippen LogP contribution >= 0.6 is 0 Å². The van der Waals surface area contributed by atoms with Crippen molar-refractivity contribution in [1.82, 2.24) is 4.90 Å². The fraction of sp³-hybridized carbons (Fsp3) is 0.857. The van der Waals surface area contributed by atoms with Gasteiger partial charge in [0.2, 0.25) is 0 Å². The molecule has 0 atom stereocenters. The molecule has 1 saturated carbocycles. The third-order valence-electron chi connectivity index (χ3n) is 3.48. The summed E-state index contributed by atoms with van der Waals surface area (Å²) in [5, 5.41) is 0. The molecule has 0 aromatic rings. The van der Waals surface area contributed by atoms with Crippen molar-refractivity contribution in [2.75, 3.05) is 7.05 Å². The van der Waals surface area contributed by atoms with Gasteiger partial charge in [0, 0.05) is 19.5 Å². The molecule has 0 bridgehead atoms. The molecule has 0 aliphatic heterocycles. The maximum Gasteiger partial charge on any atom is 0.410 e. The molecule has 0 saturated heterocycles. The number of amides is 1. The van der Waals surface area contributed by atoms with Gasteiger partial charge >= 0.3 is 6.09 Å². The second-order valence-corrected chi connectivity index (χ2v) is 6.17. The minimum Gasteiger partial charge on any atom is -0.444 e. The Balaban J connectivity index is 2.42. The van der Waals surface area contributed by atoms with Gasteiger partial charge in [-0.05, 0) is 52.4 Å². The zero-order valence-corrected chi connectivity index (χ0v) is 11.9. The van der Waals surface area contributed by atoms with Crippen molar-refractivity contribution in [3.05, 3.63) is 0 Å². The molecule has 0 aromatic heterocycles. The van der Waals surface area contributed by atoms with Crippen LogP contribution in [0.1, 0.15) is 52.9 Å². The molecule has 104 valence electrons. The molecular weight excluding hydrogens is 230 g/mol. The van der Waals surface area contributed by atoms with Crippen molar-refractivity contribution in [2.45, 2.75) is 64.5 Å². The first-order chi connectivity index (χ1) is 8.33. The second-order valence-electron chi connectivity index (χ2n) is 6.17. The van der Waals surface area contributed by atoms with E-state index in [-0.39, 0.29) is 12.1 Å². The van der Waals surface area contributed by atoms with Gasteiger partial charge in [-0.3, -0.25) is 0 Å². The first kappa shape index (κ1) is 15.0. The lowest BCUT2D eigenvalue weighted by Gasteiger charge is -2.35. The van der Waals surface area contributed by atoms with Crippen molar-refractivity contribution in [3.8, 4) is 0 Å². The van der Waals surface area contributed by atoms with E-state index in [0.717, 1.165) is 32.0 Å². The Labute approximate surface area is 110 Å². The molecule has 1 aliphatic carbocycles. The van der Waals surface area contributed by atoms with Crippen LogP contribution in [-0.4, -0.2) is 36.0 Å². The van der Waals surface area contributed by atoms with E-state index in [2.05, 4.69) is 0 Å². The van der Waals surface area contributed by atoms with E-state index in [1.54, 1.807) is 11.9 Å². The number of hydrogen-bond donors (Lipinski definition) is 0. The van der Waals surface area contributed by atoms with Crippen LogP contribution in [0.2, 0.25) is 0 Å². The highest BCUT2D eigenvalue weighted by atomic mass is 16.6. The lowest BCUT2D eigenvalue weighted by Crippen LogP contribution is -2.42. The minimum atomic E-state index is -0.444. The standard InChI is InChI=1S/C14H25NO3/c1-14(2,3)18-13(17)15(4)12-7-5-11(6-8-12)9-10-16/h10-12H,5-9H2,1-4H3. The third kappa shape index (κ3) is 4.67. The molecule has 0 aromatic carbocycles. The molecule has 1 fully saturated rings. The summed E-state index contributed by atoms with van der Waals surface area (Å²) in [7, 11) is 1.80. The average molecular weight is 255 g/mol. The van der Waals surface area contributed by atoms with Crippen LogP contribution in [-0.2, 0) is 9.53 Å². The van der Waals surface area contributed by atoms with Gasteiger partial charge in [0.15, 0.2) is 0 Å². The fourth-order valence-electron chi connectivity index (χ4n) is 2.39. The van der Waals surface area contributed by atoms with Gasteiger partial charge in [0.1, 0.15) is 11.9 Å². The van der Waals surface area contributed by atoms with Crippen LogP contribution in [0.15, 0.2) is 0 Å².